The number of aromatic nitrogens is 1. The summed E-state index contributed by atoms with van der Waals surface area (Å²) in [6.07, 6.45) is 7.86. The van der Waals surface area contributed by atoms with Gasteiger partial charge in [0.15, 0.2) is 0 Å². The van der Waals surface area contributed by atoms with Crippen LogP contribution in [-0.2, 0) is 13.0 Å². The Kier molecular flexibility index (Phi) is 2.99. The van der Waals surface area contributed by atoms with E-state index in [4.69, 9.17) is 5.73 Å². The first-order chi connectivity index (χ1) is 8.92. The zero-order valence-electron chi connectivity index (χ0n) is 10.3. The summed E-state index contributed by atoms with van der Waals surface area (Å²) in [6, 6.07) is 8.57. The Balaban J connectivity index is 2.22. The standard InChI is InChI=1S/C15H17N3/c16-8-3-11-18-14-5-2-1-4-12(14)13-6-9-17-10-7-15(13)18/h1-2,4-5,7,9-10H,3,6,8,11,16H2. The third-order valence-corrected chi connectivity index (χ3v) is 3.43. The number of rotatable bonds is 3. The lowest BCUT2D eigenvalue weighted by atomic mass is 10.1. The number of para-hydroxylation sites is 1. The van der Waals surface area contributed by atoms with Crippen LogP contribution in [0.5, 0.6) is 0 Å². The van der Waals surface area contributed by atoms with Crippen LogP contribution in [0.4, 0.5) is 0 Å². The lowest BCUT2D eigenvalue weighted by molar-refractivity contribution is 0.665. The van der Waals surface area contributed by atoms with Crippen molar-refractivity contribution in [3.63, 3.8) is 0 Å². The Hall–Kier alpha value is -1.87. The predicted molar refractivity (Wildman–Crippen MR) is 76.8 cm³/mol. The number of benzene rings is 1. The molecule has 1 aliphatic rings. The SMILES string of the molecule is NCCCn1c2c(c3ccccc31)CC=NC=C2. The van der Waals surface area contributed by atoms with Crippen molar-refractivity contribution in [1.29, 1.82) is 0 Å². The smallest absolute Gasteiger partial charge is 0.0488 e. The zero-order chi connectivity index (χ0) is 12.4. The highest BCUT2D eigenvalue weighted by Gasteiger charge is 2.14. The maximum absolute atomic E-state index is 5.64. The van der Waals surface area contributed by atoms with Crippen LogP contribution >= 0.6 is 0 Å². The third-order valence-electron chi connectivity index (χ3n) is 3.43. The largest absolute Gasteiger partial charge is 0.341 e. The molecule has 2 N–H and O–H groups in total. The fraction of sp³-hybridized carbons (Fsp3) is 0.267. The molecule has 0 atom stereocenters. The molecule has 3 rings (SSSR count). The van der Waals surface area contributed by atoms with Gasteiger partial charge in [-0.3, -0.25) is 4.99 Å². The molecular formula is C15H17N3. The Labute approximate surface area is 107 Å². The Morgan fingerprint density at radius 1 is 1.28 bits per heavy atom. The lowest BCUT2D eigenvalue weighted by Gasteiger charge is -2.07. The first-order valence-electron chi connectivity index (χ1n) is 6.40. The topological polar surface area (TPSA) is 43.3 Å². The van der Waals surface area contributed by atoms with Crippen LogP contribution in [0.15, 0.2) is 35.5 Å². The molecule has 0 saturated heterocycles. The lowest BCUT2D eigenvalue weighted by Crippen LogP contribution is -2.07. The van der Waals surface area contributed by atoms with Crippen LogP contribution in [0, 0.1) is 0 Å². The molecule has 3 nitrogen and oxygen atoms in total. The van der Waals surface area contributed by atoms with Gasteiger partial charge in [0.25, 0.3) is 0 Å². The highest BCUT2D eigenvalue weighted by Crippen LogP contribution is 2.28. The minimum absolute atomic E-state index is 0.724. The molecule has 0 saturated carbocycles. The second kappa shape index (κ2) is 4.78. The Morgan fingerprint density at radius 3 is 3.06 bits per heavy atom. The second-order valence-corrected chi connectivity index (χ2v) is 4.53. The maximum Gasteiger partial charge on any atom is 0.0488 e. The summed E-state index contributed by atoms with van der Waals surface area (Å²) in [7, 11) is 0. The van der Waals surface area contributed by atoms with Gasteiger partial charge in [0.1, 0.15) is 0 Å². The van der Waals surface area contributed by atoms with E-state index in [1.54, 1.807) is 0 Å². The molecule has 0 radical (unpaired) electrons. The van der Waals surface area contributed by atoms with Gasteiger partial charge in [0, 0.05) is 42.0 Å². The molecule has 0 spiro atoms. The predicted octanol–water partition coefficient (Wildman–Crippen LogP) is 2.59. The maximum atomic E-state index is 5.64. The van der Waals surface area contributed by atoms with Gasteiger partial charge in [0.2, 0.25) is 0 Å². The highest BCUT2D eigenvalue weighted by atomic mass is 15.0. The molecule has 92 valence electrons. The molecule has 0 fully saturated rings. The number of aryl methyl sites for hydroxylation is 1. The molecular weight excluding hydrogens is 222 g/mol. The van der Waals surface area contributed by atoms with E-state index in [0.717, 1.165) is 25.9 Å². The highest BCUT2D eigenvalue weighted by molar-refractivity contribution is 5.91. The average molecular weight is 239 g/mol. The van der Waals surface area contributed by atoms with E-state index < -0.39 is 0 Å². The number of aliphatic imine (C=N–C) groups is 1. The molecule has 0 aliphatic carbocycles. The van der Waals surface area contributed by atoms with Crippen LogP contribution in [0.1, 0.15) is 17.7 Å². The van der Waals surface area contributed by atoms with Crippen LogP contribution in [-0.4, -0.2) is 17.3 Å². The summed E-state index contributed by atoms with van der Waals surface area (Å²) < 4.78 is 2.36. The third kappa shape index (κ3) is 1.77. The molecule has 0 unspecified atom stereocenters. The molecule has 2 aromatic rings. The van der Waals surface area contributed by atoms with Gasteiger partial charge in [-0.25, -0.2) is 0 Å². The monoisotopic (exact) mass is 239 g/mol. The Morgan fingerprint density at radius 2 is 2.17 bits per heavy atom. The number of hydrogen-bond acceptors (Lipinski definition) is 2. The fourth-order valence-corrected chi connectivity index (χ4v) is 2.61. The number of hydrogen-bond donors (Lipinski definition) is 1. The van der Waals surface area contributed by atoms with Gasteiger partial charge in [-0.15, -0.1) is 0 Å². The van der Waals surface area contributed by atoms with Crippen LogP contribution in [0.2, 0.25) is 0 Å². The van der Waals surface area contributed by atoms with Gasteiger partial charge in [-0.2, -0.15) is 0 Å². The van der Waals surface area contributed by atoms with Crippen molar-refractivity contribution in [1.82, 2.24) is 4.57 Å². The summed E-state index contributed by atoms with van der Waals surface area (Å²) in [5.74, 6) is 0. The van der Waals surface area contributed by atoms with Crippen LogP contribution in [0.3, 0.4) is 0 Å². The Bertz CT molecular complexity index is 620. The van der Waals surface area contributed by atoms with Gasteiger partial charge >= 0.3 is 0 Å². The molecule has 3 heteroatoms. The van der Waals surface area contributed by atoms with E-state index in [1.807, 2.05) is 12.4 Å². The quantitative estimate of drug-likeness (QED) is 0.879. The van der Waals surface area contributed by atoms with Crippen molar-refractivity contribution in [3.05, 3.63) is 41.7 Å². The fourth-order valence-electron chi connectivity index (χ4n) is 2.61. The number of nitrogens with zero attached hydrogens (tertiary/aromatic N) is 2. The molecule has 1 aliphatic heterocycles. The summed E-state index contributed by atoms with van der Waals surface area (Å²) >= 11 is 0. The van der Waals surface area contributed by atoms with Crippen LogP contribution < -0.4 is 5.73 Å². The molecule has 1 aromatic heterocycles. The summed E-state index contributed by atoms with van der Waals surface area (Å²) in [6.45, 7) is 1.69. The van der Waals surface area contributed by atoms with Crippen molar-refractivity contribution < 1.29 is 0 Å². The first-order valence-corrected chi connectivity index (χ1v) is 6.40. The van der Waals surface area contributed by atoms with Gasteiger partial charge in [0.05, 0.1) is 0 Å². The number of fused-ring (bicyclic) bond motifs is 3. The second-order valence-electron chi connectivity index (χ2n) is 4.53. The molecule has 1 aromatic carbocycles. The summed E-state index contributed by atoms with van der Waals surface area (Å²) in [5.41, 5.74) is 9.60. The molecule has 2 heterocycles. The first kappa shape index (κ1) is 11.2. The minimum atomic E-state index is 0.724. The van der Waals surface area contributed by atoms with Gasteiger partial charge < -0.3 is 10.3 Å². The summed E-state index contributed by atoms with van der Waals surface area (Å²) in [4.78, 5) is 4.24. The molecule has 0 amide bonds. The number of nitrogens with two attached hydrogens (primary N) is 1. The van der Waals surface area contributed by atoms with Gasteiger partial charge in [-0.05, 0) is 30.7 Å². The van der Waals surface area contributed by atoms with Crippen molar-refractivity contribution in [2.45, 2.75) is 19.4 Å². The average Bonchev–Trinajstić information content (AvgIpc) is 2.56. The normalized spacial score (nSPS) is 13.8. The van der Waals surface area contributed by atoms with E-state index in [2.05, 4.69) is 39.9 Å². The van der Waals surface area contributed by atoms with E-state index in [1.165, 1.54) is 22.2 Å². The van der Waals surface area contributed by atoms with E-state index in [0.29, 0.717) is 0 Å². The van der Waals surface area contributed by atoms with E-state index in [-0.39, 0.29) is 0 Å². The summed E-state index contributed by atoms with van der Waals surface area (Å²) in [5, 5.41) is 1.34. The zero-order valence-corrected chi connectivity index (χ0v) is 10.3. The minimum Gasteiger partial charge on any atom is -0.341 e. The molecule has 0 bridgehead atoms. The van der Waals surface area contributed by atoms with Crippen molar-refractivity contribution in [2.75, 3.05) is 6.54 Å². The van der Waals surface area contributed by atoms with Crippen molar-refractivity contribution >= 4 is 23.2 Å². The van der Waals surface area contributed by atoms with E-state index in [9.17, 15) is 0 Å². The van der Waals surface area contributed by atoms with E-state index >= 15 is 0 Å². The van der Waals surface area contributed by atoms with Crippen molar-refractivity contribution in [3.8, 4) is 0 Å². The van der Waals surface area contributed by atoms with Crippen LogP contribution in [0.25, 0.3) is 17.0 Å². The van der Waals surface area contributed by atoms with Crippen molar-refractivity contribution in [2.24, 2.45) is 10.7 Å². The molecule has 18 heavy (non-hydrogen) atoms. The van der Waals surface area contributed by atoms with Gasteiger partial charge in [-0.1, -0.05) is 18.2 Å².